The largest absolute Gasteiger partial charge is 0.442 e. The third-order valence-corrected chi connectivity index (χ3v) is 5.83. The van der Waals surface area contributed by atoms with Crippen molar-refractivity contribution in [3.05, 3.63) is 48.1 Å². The maximum absolute atomic E-state index is 15.0. The van der Waals surface area contributed by atoms with Gasteiger partial charge in [-0.3, -0.25) is 4.90 Å². The number of aryl methyl sites for hydroxylation is 1. The highest BCUT2D eigenvalue weighted by Crippen LogP contribution is 2.34. The summed E-state index contributed by atoms with van der Waals surface area (Å²) in [6, 6.07) is 2.52. The summed E-state index contributed by atoms with van der Waals surface area (Å²) in [6.45, 7) is 3.33. The van der Waals surface area contributed by atoms with E-state index in [-0.39, 0.29) is 24.0 Å². The molecule has 2 fully saturated rings. The van der Waals surface area contributed by atoms with Gasteiger partial charge in [0.25, 0.3) is 0 Å². The number of amides is 1. The van der Waals surface area contributed by atoms with Crippen LogP contribution in [0.15, 0.2) is 30.7 Å². The van der Waals surface area contributed by atoms with E-state index in [2.05, 4.69) is 20.6 Å². The number of carbonyl (C=O) groups excluding carboxylic acids is 1. The summed E-state index contributed by atoms with van der Waals surface area (Å²) in [4.78, 5) is 15.2. The fraction of sp³-hybridized carbons (Fsp3) is 0.450. The van der Waals surface area contributed by atoms with Crippen molar-refractivity contribution in [3.63, 3.8) is 0 Å². The van der Waals surface area contributed by atoms with Crippen LogP contribution in [0, 0.1) is 18.6 Å². The van der Waals surface area contributed by atoms with E-state index >= 15 is 0 Å². The van der Waals surface area contributed by atoms with Gasteiger partial charge in [0.2, 0.25) is 0 Å². The van der Waals surface area contributed by atoms with Crippen LogP contribution in [0.1, 0.15) is 24.6 Å². The highest BCUT2D eigenvalue weighted by molar-refractivity contribution is 5.90. The molecule has 1 atom stereocenters. The van der Waals surface area contributed by atoms with Crippen LogP contribution in [0.3, 0.4) is 0 Å². The SMILES string of the molecule is Cc1cn(C2CCN(c3c(F)cc(N4CC(Cn5ccnn5)OC4=O)cc3F)CC2)nn1. The van der Waals surface area contributed by atoms with E-state index in [0.717, 1.165) is 5.69 Å². The van der Waals surface area contributed by atoms with Crippen LogP contribution in [-0.4, -0.2) is 61.8 Å². The Balaban J connectivity index is 1.28. The summed E-state index contributed by atoms with van der Waals surface area (Å²) in [7, 11) is 0. The first-order chi connectivity index (χ1) is 15.5. The smallest absolute Gasteiger partial charge is 0.414 e. The fourth-order valence-electron chi connectivity index (χ4n) is 4.27. The second kappa shape index (κ2) is 8.17. The van der Waals surface area contributed by atoms with E-state index in [1.54, 1.807) is 11.1 Å². The number of carbonyl (C=O) groups is 1. The lowest BCUT2D eigenvalue weighted by Crippen LogP contribution is -2.36. The van der Waals surface area contributed by atoms with Gasteiger partial charge in [0, 0.05) is 37.6 Å². The summed E-state index contributed by atoms with van der Waals surface area (Å²) in [5.74, 6) is -1.41. The molecular weight excluding hydrogens is 422 g/mol. The van der Waals surface area contributed by atoms with E-state index < -0.39 is 23.8 Å². The molecule has 0 spiro atoms. The third-order valence-electron chi connectivity index (χ3n) is 5.83. The van der Waals surface area contributed by atoms with Crippen molar-refractivity contribution in [2.45, 2.75) is 38.5 Å². The second-order valence-corrected chi connectivity index (χ2v) is 8.06. The molecule has 168 valence electrons. The van der Waals surface area contributed by atoms with Crippen molar-refractivity contribution in [2.75, 3.05) is 29.4 Å². The van der Waals surface area contributed by atoms with Crippen LogP contribution in [-0.2, 0) is 11.3 Å². The molecule has 0 N–H and O–H groups in total. The van der Waals surface area contributed by atoms with E-state index in [0.29, 0.717) is 32.5 Å². The summed E-state index contributed by atoms with van der Waals surface area (Å²) in [6.07, 6.45) is 5.31. The van der Waals surface area contributed by atoms with Crippen LogP contribution in [0.2, 0.25) is 0 Å². The predicted octanol–water partition coefficient (Wildman–Crippen LogP) is 2.32. The van der Waals surface area contributed by atoms with Crippen LogP contribution in [0.25, 0.3) is 0 Å². The van der Waals surface area contributed by atoms with E-state index in [1.165, 1.54) is 27.9 Å². The Morgan fingerprint density at radius 3 is 2.53 bits per heavy atom. The van der Waals surface area contributed by atoms with Gasteiger partial charge in [0.05, 0.1) is 36.7 Å². The van der Waals surface area contributed by atoms with E-state index in [9.17, 15) is 13.6 Å². The predicted molar refractivity (Wildman–Crippen MR) is 109 cm³/mol. The van der Waals surface area contributed by atoms with Crippen LogP contribution in [0.5, 0.6) is 0 Å². The van der Waals surface area contributed by atoms with Crippen molar-refractivity contribution in [2.24, 2.45) is 0 Å². The molecule has 32 heavy (non-hydrogen) atoms. The molecule has 0 aliphatic carbocycles. The molecule has 0 bridgehead atoms. The van der Waals surface area contributed by atoms with Crippen molar-refractivity contribution in [1.29, 1.82) is 0 Å². The Bertz CT molecular complexity index is 1090. The Labute approximate surface area is 182 Å². The number of ether oxygens (including phenoxy) is 1. The molecule has 1 aromatic carbocycles. The average molecular weight is 444 g/mol. The highest BCUT2D eigenvalue weighted by Gasteiger charge is 2.34. The molecule has 2 aliphatic rings. The molecule has 2 aromatic heterocycles. The lowest BCUT2D eigenvalue weighted by Gasteiger charge is -2.34. The van der Waals surface area contributed by atoms with Gasteiger partial charge in [-0.15, -0.1) is 10.2 Å². The summed E-state index contributed by atoms with van der Waals surface area (Å²) in [5.41, 5.74) is 0.889. The zero-order chi connectivity index (χ0) is 22.2. The van der Waals surface area contributed by atoms with Crippen LogP contribution in [0.4, 0.5) is 25.0 Å². The highest BCUT2D eigenvalue weighted by atomic mass is 19.1. The van der Waals surface area contributed by atoms with Crippen LogP contribution >= 0.6 is 0 Å². The molecule has 3 aromatic rings. The quantitative estimate of drug-likeness (QED) is 0.596. The molecule has 1 amide bonds. The number of rotatable bonds is 5. The minimum Gasteiger partial charge on any atom is -0.442 e. The number of benzene rings is 1. The molecule has 0 saturated carbocycles. The van der Waals surface area contributed by atoms with Gasteiger partial charge in [-0.25, -0.2) is 22.9 Å². The maximum Gasteiger partial charge on any atom is 0.414 e. The van der Waals surface area contributed by atoms with E-state index in [4.69, 9.17) is 4.74 Å². The Kier molecular flexibility index (Phi) is 5.19. The lowest BCUT2D eigenvalue weighted by molar-refractivity contribution is 0.129. The Morgan fingerprint density at radius 1 is 1.16 bits per heavy atom. The van der Waals surface area contributed by atoms with Crippen molar-refractivity contribution in [1.82, 2.24) is 30.0 Å². The standard InChI is InChI=1S/C20H22F2N8O2/c1-13-10-30(26-24-13)14-2-5-27(6-3-14)19-17(21)8-15(9-18(19)22)29-12-16(32-20(29)31)11-28-7-4-23-25-28/h4,7-10,14,16H,2-3,5-6,11-12H2,1H3. The van der Waals surface area contributed by atoms with Crippen molar-refractivity contribution < 1.29 is 18.3 Å². The second-order valence-electron chi connectivity index (χ2n) is 8.06. The number of piperidine rings is 1. The molecular formula is C20H22F2N8O2. The first-order valence-corrected chi connectivity index (χ1v) is 10.4. The number of halogens is 2. The molecule has 5 rings (SSSR count). The van der Waals surface area contributed by atoms with Gasteiger partial charge >= 0.3 is 6.09 Å². The first-order valence-electron chi connectivity index (χ1n) is 10.4. The fourth-order valence-corrected chi connectivity index (χ4v) is 4.27. The van der Waals surface area contributed by atoms with Gasteiger partial charge in [0.15, 0.2) is 11.6 Å². The summed E-state index contributed by atoms with van der Waals surface area (Å²) in [5, 5.41) is 15.7. The lowest BCUT2D eigenvalue weighted by atomic mass is 10.0. The molecule has 2 saturated heterocycles. The summed E-state index contributed by atoms with van der Waals surface area (Å²) >= 11 is 0. The van der Waals surface area contributed by atoms with Crippen molar-refractivity contribution >= 4 is 17.5 Å². The molecule has 12 heteroatoms. The Hall–Kier alpha value is -3.57. The molecule has 0 radical (unpaired) electrons. The number of hydrogen-bond acceptors (Lipinski definition) is 7. The van der Waals surface area contributed by atoms with Crippen LogP contribution < -0.4 is 9.80 Å². The number of cyclic esters (lactones) is 1. The van der Waals surface area contributed by atoms with Crippen molar-refractivity contribution in [3.8, 4) is 0 Å². The van der Waals surface area contributed by atoms with Gasteiger partial charge in [-0.2, -0.15) is 0 Å². The zero-order valence-corrected chi connectivity index (χ0v) is 17.4. The number of hydrogen-bond donors (Lipinski definition) is 0. The minimum absolute atomic E-state index is 0.0753. The normalized spacial score (nSPS) is 19.6. The third kappa shape index (κ3) is 3.87. The molecule has 2 aliphatic heterocycles. The zero-order valence-electron chi connectivity index (χ0n) is 17.4. The summed E-state index contributed by atoms with van der Waals surface area (Å²) < 4.78 is 38.7. The number of nitrogens with zero attached hydrogens (tertiary/aromatic N) is 8. The van der Waals surface area contributed by atoms with Gasteiger partial charge in [-0.05, 0) is 19.8 Å². The first kappa shape index (κ1) is 20.3. The molecule has 4 heterocycles. The monoisotopic (exact) mass is 444 g/mol. The minimum atomic E-state index is -0.706. The van der Waals surface area contributed by atoms with E-state index in [1.807, 2.05) is 17.8 Å². The molecule has 1 unspecified atom stereocenters. The average Bonchev–Trinajstić information content (AvgIpc) is 3.50. The maximum atomic E-state index is 15.0. The van der Waals surface area contributed by atoms with Gasteiger partial charge in [-0.1, -0.05) is 10.4 Å². The van der Waals surface area contributed by atoms with Gasteiger partial charge < -0.3 is 9.64 Å². The Morgan fingerprint density at radius 2 is 1.91 bits per heavy atom. The molecule has 10 nitrogen and oxygen atoms in total. The number of aromatic nitrogens is 6. The topological polar surface area (TPSA) is 94.2 Å². The van der Waals surface area contributed by atoms with Gasteiger partial charge in [0.1, 0.15) is 11.8 Å². The number of anilines is 2.